The summed E-state index contributed by atoms with van der Waals surface area (Å²) < 4.78 is 0. The van der Waals surface area contributed by atoms with Gasteiger partial charge < -0.3 is 4.90 Å². The Labute approximate surface area is 231 Å². The molecule has 4 aromatic carbocycles. The molecule has 0 bridgehead atoms. The molecule has 0 aromatic heterocycles. The highest BCUT2D eigenvalue weighted by Gasteiger charge is 2.31. The van der Waals surface area contributed by atoms with Crippen LogP contribution in [0.25, 0.3) is 0 Å². The van der Waals surface area contributed by atoms with Crippen molar-refractivity contribution in [2.45, 2.75) is 31.3 Å². The summed E-state index contributed by atoms with van der Waals surface area (Å²) in [5.41, 5.74) is 4.06. The van der Waals surface area contributed by atoms with Gasteiger partial charge in [-0.15, -0.1) is 0 Å². The van der Waals surface area contributed by atoms with Crippen LogP contribution in [-0.2, 0) is 9.59 Å². The van der Waals surface area contributed by atoms with Crippen molar-refractivity contribution in [3.05, 3.63) is 132 Å². The van der Waals surface area contributed by atoms with Gasteiger partial charge in [0.25, 0.3) is 0 Å². The molecule has 0 unspecified atom stereocenters. The Morgan fingerprint density at radius 2 is 1.08 bits per heavy atom. The van der Waals surface area contributed by atoms with E-state index in [1.165, 1.54) is 11.1 Å². The lowest BCUT2D eigenvalue weighted by Gasteiger charge is -2.41. The average molecular weight is 518 g/mol. The number of piperidine rings is 1. The number of carbonyl (C=O) groups is 2. The van der Waals surface area contributed by atoms with Gasteiger partial charge in [0, 0.05) is 37.6 Å². The van der Waals surface area contributed by atoms with E-state index in [-0.39, 0.29) is 30.3 Å². The van der Waals surface area contributed by atoms with Gasteiger partial charge in [-0.05, 0) is 48.2 Å². The fraction of sp³-hybridized carbons (Fsp3) is 0.235. The second kappa shape index (κ2) is 12.5. The van der Waals surface area contributed by atoms with Crippen LogP contribution in [-0.4, -0.2) is 47.8 Å². The first-order chi connectivity index (χ1) is 19.1. The standard InChI is InChI=1S/C34H35N3O2/c1-35(32(38)26-33(39)37(30-18-10-4-11-19-30)31-20-12-5-13-21-31)29-22-24-36(25-23-29)34(27-14-6-2-7-15-27)28-16-8-3-9-17-28/h2-21,29,34H,22-26H2,1H3. The van der Waals surface area contributed by atoms with Gasteiger partial charge in [0.1, 0.15) is 6.42 Å². The molecule has 1 aliphatic rings. The SMILES string of the molecule is CN(C(=O)CC(=O)N(c1ccccc1)c1ccccc1)C1CCN(C(c2ccccc2)c2ccccc2)CC1. The zero-order valence-corrected chi connectivity index (χ0v) is 22.4. The largest absolute Gasteiger partial charge is 0.342 e. The third-order valence-corrected chi connectivity index (χ3v) is 7.62. The lowest BCUT2D eigenvalue weighted by atomic mass is 9.93. The maximum absolute atomic E-state index is 13.5. The quantitative estimate of drug-likeness (QED) is 0.252. The minimum absolute atomic E-state index is 0.107. The molecule has 0 saturated carbocycles. The van der Waals surface area contributed by atoms with Gasteiger partial charge in [0.15, 0.2) is 0 Å². The Balaban J connectivity index is 1.25. The highest BCUT2D eigenvalue weighted by molar-refractivity contribution is 6.09. The topological polar surface area (TPSA) is 43.9 Å². The summed E-state index contributed by atoms with van der Waals surface area (Å²) in [5.74, 6) is -0.368. The molecule has 1 heterocycles. The summed E-state index contributed by atoms with van der Waals surface area (Å²) >= 11 is 0. The molecule has 5 nitrogen and oxygen atoms in total. The van der Waals surface area contributed by atoms with Crippen molar-refractivity contribution in [2.24, 2.45) is 0 Å². The second-order valence-corrected chi connectivity index (χ2v) is 10.1. The number of hydrogen-bond donors (Lipinski definition) is 0. The Morgan fingerprint density at radius 1 is 0.667 bits per heavy atom. The maximum atomic E-state index is 13.5. The van der Waals surface area contributed by atoms with E-state index in [0.29, 0.717) is 0 Å². The summed E-state index contributed by atoms with van der Waals surface area (Å²) in [6, 6.07) is 40.5. The van der Waals surface area contributed by atoms with E-state index >= 15 is 0 Å². The number of carbonyl (C=O) groups excluding carboxylic acids is 2. The molecule has 1 aliphatic heterocycles. The molecule has 198 valence electrons. The number of anilines is 2. The molecule has 0 spiro atoms. The Morgan fingerprint density at radius 3 is 1.51 bits per heavy atom. The highest BCUT2D eigenvalue weighted by Crippen LogP contribution is 2.32. The third-order valence-electron chi connectivity index (χ3n) is 7.62. The van der Waals surface area contributed by atoms with Gasteiger partial charge in [-0.25, -0.2) is 0 Å². The molecule has 4 aromatic rings. The predicted octanol–water partition coefficient (Wildman–Crippen LogP) is 6.45. The van der Waals surface area contributed by atoms with Crippen molar-refractivity contribution in [3.8, 4) is 0 Å². The van der Waals surface area contributed by atoms with Crippen molar-refractivity contribution < 1.29 is 9.59 Å². The lowest BCUT2D eigenvalue weighted by Crippen LogP contribution is -2.47. The average Bonchev–Trinajstić information content (AvgIpc) is 2.99. The first-order valence-corrected chi connectivity index (χ1v) is 13.6. The van der Waals surface area contributed by atoms with Crippen LogP contribution in [0.15, 0.2) is 121 Å². The van der Waals surface area contributed by atoms with Crippen LogP contribution in [0, 0.1) is 0 Å². The van der Waals surface area contributed by atoms with E-state index in [4.69, 9.17) is 0 Å². The number of hydrogen-bond acceptors (Lipinski definition) is 3. The van der Waals surface area contributed by atoms with Crippen LogP contribution in [0.1, 0.15) is 36.4 Å². The summed E-state index contributed by atoms with van der Waals surface area (Å²) in [4.78, 5) is 32.8. The Hall–Kier alpha value is -4.22. The van der Waals surface area contributed by atoms with Crippen LogP contribution in [0.3, 0.4) is 0 Å². The molecule has 0 radical (unpaired) electrons. The van der Waals surface area contributed by atoms with Crippen molar-refractivity contribution >= 4 is 23.2 Å². The van der Waals surface area contributed by atoms with E-state index in [2.05, 4.69) is 65.6 Å². The van der Waals surface area contributed by atoms with E-state index in [1.807, 2.05) is 67.7 Å². The molecule has 5 rings (SSSR count). The third kappa shape index (κ3) is 6.27. The first-order valence-electron chi connectivity index (χ1n) is 13.6. The number of rotatable bonds is 8. The van der Waals surface area contributed by atoms with E-state index < -0.39 is 0 Å². The molecule has 2 amide bonds. The van der Waals surface area contributed by atoms with Crippen LogP contribution < -0.4 is 4.90 Å². The Bertz CT molecular complexity index is 1260. The zero-order chi connectivity index (χ0) is 27.0. The van der Waals surface area contributed by atoms with Crippen molar-refractivity contribution in [3.63, 3.8) is 0 Å². The van der Waals surface area contributed by atoms with Crippen LogP contribution in [0.2, 0.25) is 0 Å². The van der Waals surface area contributed by atoms with Gasteiger partial charge in [-0.3, -0.25) is 19.4 Å². The van der Waals surface area contributed by atoms with E-state index in [1.54, 1.807) is 9.80 Å². The van der Waals surface area contributed by atoms with Crippen LogP contribution >= 0.6 is 0 Å². The smallest absolute Gasteiger partial charge is 0.240 e. The monoisotopic (exact) mass is 517 g/mol. The van der Waals surface area contributed by atoms with E-state index in [9.17, 15) is 9.59 Å². The normalized spacial score (nSPS) is 14.2. The fourth-order valence-corrected chi connectivity index (χ4v) is 5.54. The molecular weight excluding hydrogens is 482 g/mol. The second-order valence-electron chi connectivity index (χ2n) is 10.1. The molecular formula is C34H35N3O2. The first kappa shape index (κ1) is 26.4. The van der Waals surface area contributed by atoms with Gasteiger partial charge >= 0.3 is 0 Å². The summed E-state index contributed by atoms with van der Waals surface area (Å²) in [5, 5.41) is 0. The summed E-state index contributed by atoms with van der Waals surface area (Å²) in [6.07, 6.45) is 1.57. The summed E-state index contributed by atoms with van der Waals surface area (Å²) in [7, 11) is 1.84. The van der Waals surface area contributed by atoms with Gasteiger partial charge in [0.05, 0.1) is 6.04 Å². The van der Waals surface area contributed by atoms with Gasteiger partial charge in [-0.2, -0.15) is 0 Å². The molecule has 0 N–H and O–H groups in total. The molecule has 5 heteroatoms. The lowest BCUT2D eigenvalue weighted by molar-refractivity contribution is -0.136. The molecule has 1 fully saturated rings. The van der Waals surface area contributed by atoms with Crippen molar-refractivity contribution in [1.82, 2.24) is 9.80 Å². The number of benzene rings is 4. The number of nitrogens with zero attached hydrogens (tertiary/aromatic N) is 3. The van der Waals surface area contributed by atoms with Crippen LogP contribution in [0.4, 0.5) is 11.4 Å². The van der Waals surface area contributed by atoms with E-state index in [0.717, 1.165) is 37.3 Å². The minimum Gasteiger partial charge on any atom is -0.342 e. The number of amides is 2. The van der Waals surface area contributed by atoms with Gasteiger partial charge in [-0.1, -0.05) is 97.1 Å². The predicted molar refractivity (Wildman–Crippen MR) is 157 cm³/mol. The molecule has 0 aliphatic carbocycles. The number of para-hydroxylation sites is 2. The van der Waals surface area contributed by atoms with Crippen LogP contribution in [0.5, 0.6) is 0 Å². The van der Waals surface area contributed by atoms with Crippen molar-refractivity contribution in [1.29, 1.82) is 0 Å². The maximum Gasteiger partial charge on any atom is 0.240 e. The minimum atomic E-state index is -0.227. The van der Waals surface area contributed by atoms with Crippen molar-refractivity contribution in [2.75, 3.05) is 25.0 Å². The number of likely N-dealkylation sites (tertiary alicyclic amines) is 1. The highest BCUT2D eigenvalue weighted by atomic mass is 16.2. The fourth-order valence-electron chi connectivity index (χ4n) is 5.54. The molecule has 0 atom stereocenters. The molecule has 1 saturated heterocycles. The summed E-state index contributed by atoms with van der Waals surface area (Å²) in [6.45, 7) is 1.76. The van der Waals surface area contributed by atoms with Gasteiger partial charge in [0.2, 0.25) is 11.8 Å². The Kier molecular flexibility index (Phi) is 8.49. The zero-order valence-electron chi connectivity index (χ0n) is 22.4. The molecule has 39 heavy (non-hydrogen) atoms.